The van der Waals surface area contributed by atoms with E-state index >= 15 is 0 Å². The SMILES string of the molecule is O=C(c1cccn1C1CCC1)N(CCO)CC(F)F. The highest BCUT2D eigenvalue weighted by Crippen LogP contribution is 2.33. The van der Waals surface area contributed by atoms with E-state index in [9.17, 15) is 13.6 Å². The summed E-state index contributed by atoms with van der Waals surface area (Å²) in [6, 6.07) is 3.71. The Morgan fingerprint density at radius 2 is 2.26 bits per heavy atom. The van der Waals surface area contributed by atoms with Crippen LogP contribution in [0.2, 0.25) is 0 Å². The zero-order valence-electron chi connectivity index (χ0n) is 10.6. The molecule has 4 nitrogen and oxygen atoms in total. The van der Waals surface area contributed by atoms with E-state index in [1.807, 2.05) is 10.8 Å². The Labute approximate surface area is 110 Å². The maximum absolute atomic E-state index is 12.5. The molecule has 0 saturated heterocycles. The Morgan fingerprint density at radius 3 is 2.79 bits per heavy atom. The summed E-state index contributed by atoms with van der Waals surface area (Å²) in [4.78, 5) is 13.3. The lowest BCUT2D eigenvalue weighted by atomic mass is 9.93. The molecule has 6 heteroatoms. The van der Waals surface area contributed by atoms with Crippen molar-refractivity contribution in [2.24, 2.45) is 0 Å². The number of rotatable bonds is 6. The summed E-state index contributed by atoms with van der Waals surface area (Å²) in [6.07, 6.45) is 2.39. The van der Waals surface area contributed by atoms with E-state index in [1.54, 1.807) is 12.1 Å². The summed E-state index contributed by atoms with van der Waals surface area (Å²) in [5, 5.41) is 8.89. The van der Waals surface area contributed by atoms with Crippen LogP contribution in [-0.4, -0.2) is 46.6 Å². The van der Waals surface area contributed by atoms with Crippen LogP contribution in [0.1, 0.15) is 35.8 Å². The van der Waals surface area contributed by atoms with E-state index in [0.29, 0.717) is 11.7 Å². The summed E-state index contributed by atoms with van der Waals surface area (Å²) >= 11 is 0. The first-order chi connectivity index (χ1) is 9.13. The van der Waals surface area contributed by atoms with E-state index < -0.39 is 18.9 Å². The molecule has 0 aliphatic heterocycles. The number of halogens is 2. The second-order valence-corrected chi connectivity index (χ2v) is 4.75. The van der Waals surface area contributed by atoms with Gasteiger partial charge in [0, 0.05) is 18.8 Å². The summed E-state index contributed by atoms with van der Waals surface area (Å²) < 4.78 is 26.8. The van der Waals surface area contributed by atoms with Crippen LogP contribution >= 0.6 is 0 Å². The number of hydrogen-bond donors (Lipinski definition) is 1. The van der Waals surface area contributed by atoms with Gasteiger partial charge in [0.25, 0.3) is 12.3 Å². The van der Waals surface area contributed by atoms with Gasteiger partial charge in [0.05, 0.1) is 13.2 Å². The first-order valence-electron chi connectivity index (χ1n) is 6.48. The van der Waals surface area contributed by atoms with Gasteiger partial charge in [-0.15, -0.1) is 0 Å². The van der Waals surface area contributed by atoms with Crippen LogP contribution in [0.4, 0.5) is 8.78 Å². The van der Waals surface area contributed by atoms with E-state index in [1.165, 1.54) is 0 Å². The van der Waals surface area contributed by atoms with Gasteiger partial charge in [-0.2, -0.15) is 0 Å². The van der Waals surface area contributed by atoms with Gasteiger partial charge in [0.2, 0.25) is 0 Å². The van der Waals surface area contributed by atoms with Crippen molar-refractivity contribution in [3.05, 3.63) is 24.0 Å². The summed E-state index contributed by atoms with van der Waals surface area (Å²) in [5.41, 5.74) is 0.429. The summed E-state index contributed by atoms with van der Waals surface area (Å²) in [5.74, 6) is -0.439. The summed E-state index contributed by atoms with van der Waals surface area (Å²) in [6.45, 7) is -1.03. The Balaban J connectivity index is 2.13. The van der Waals surface area contributed by atoms with Crippen LogP contribution in [0.3, 0.4) is 0 Å². The summed E-state index contributed by atoms with van der Waals surface area (Å²) in [7, 11) is 0. The van der Waals surface area contributed by atoms with Crippen LogP contribution in [0, 0.1) is 0 Å². The number of aromatic nitrogens is 1. The van der Waals surface area contributed by atoms with Crippen LogP contribution in [-0.2, 0) is 0 Å². The second kappa shape index (κ2) is 6.14. The lowest BCUT2D eigenvalue weighted by molar-refractivity contribution is 0.0496. The largest absolute Gasteiger partial charge is 0.395 e. The van der Waals surface area contributed by atoms with Crippen LogP contribution in [0.15, 0.2) is 18.3 Å². The quantitative estimate of drug-likeness (QED) is 0.860. The third kappa shape index (κ3) is 3.12. The van der Waals surface area contributed by atoms with Crippen molar-refractivity contribution in [3.8, 4) is 0 Å². The standard InChI is InChI=1S/C13H18F2N2O2/c14-12(15)9-16(7-8-18)13(19)11-5-2-6-17(11)10-3-1-4-10/h2,5-6,10,12,18H,1,3-4,7-9H2. The number of carbonyl (C=O) groups is 1. The molecule has 0 atom stereocenters. The maximum atomic E-state index is 12.5. The molecule has 1 saturated carbocycles. The first-order valence-corrected chi connectivity index (χ1v) is 6.48. The fourth-order valence-corrected chi connectivity index (χ4v) is 2.28. The maximum Gasteiger partial charge on any atom is 0.270 e. The van der Waals surface area contributed by atoms with Crippen molar-refractivity contribution in [3.63, 3.8) is 0 Å². The molecule has 2 rings (SSSR count). The molecule has 0 spiro atoms. The fourth-order valence-electron chi connectivity index (χ4n) is 2.28. The highest BCUT2D eigenvalue weighted by molar-refractivity contribution is 5.92. The fraction of sp³-hybridized carbons (Fsp3) is 0.615. The molecule has 1 aliphatic rings. The minimum Gasteiger partial charge on any atom is -0.395 e. The molecule has 1 heterocycles. The zero-order valence-corrected chi connectivity index (χ0v) is 10.6. The van der Waals surface area contributed by atoms with Crippen molar-refractivity contribution in [1.29, 1.82) is 0 Å². The minimum absolute atomic E-state index is 0.0704. The van der Waals surface area contributed by atoms with Crippen molar-refractivity contribution < 1.29 is 18.7 Å². The smallest absolute Gasteiger partial charge is 0.270 e. The van der Waals surface area contributed by atoms with Crippen molar-refractivity contribution in [1.82, 2.24) is 9.47 Å². The second-order valence-electron chi connectivity index (χ2n) is 4.75. The highest BCUT2D eigenvalue weighted by Gasteiger charge is 2.26. The van der Waals surface area contributed by atoms with Crippen LogP contribution < -0.4 is 0 Å². The molecule has 1 amide bonds. The molecule has 0 bridgehead atoms. The van der Waals surface area contributed by atoms with Gasteiger partial charge in [0.1, 0.15) is 5.69 Å². The lowest BCUT2D eigenvalue weighted by Crippen LogP contribution is -2.38. The molecular weight excluding hydrogens is 254 g/mol. The molecule has 1 N–H and O–H groups in total. The van der Waals surface area contributed by atoms with Gasteiger partial charge < -0.3 is 14.6 Å². The van der Waals surface area contributed by atoms with Crippen molar-refractivity contribution in [2.75, 3.05) is 19.7 Å². The highest BCUT2D eigenvalue weighted by atomic mass is 19.3. The average Bonchev–Trinajstić information content (AvgIpc) is 2.73. The number of aliphatic hydroxyl groups excluding tert-OH is 1. The van der Waals surface area contributed by atoms with Gasteiger partial charge >= 0.3 is 0 Å². The number of nitrogens with zero attached hydrogens (tertiary/aromatic N) is 2. The van der Waals surface area contributed by atoms with Crippen LogP contribution in [0.5, 0.6) is 0 Å². The Morgan fingerprint density at radius 1 is 1.53 bits per heavy atom. The molecular formula is C13H18F2N2O2. The molecule has 1 aliphatic carbocycles. The average molecular weight is 272 g/mol. The van der Waals surface area contributed by atoms with Crippen molar-refractivity contribution >= 4 is 5.91 Å². The van der Waals surface area contributed by atoms with E-state index in [2.05, 4.69) is 0 Å². The van der Waals surface area contributed by atoms with Crippen molar-refractivity contribution in [2.45, 2.75) is 31.7 Å². The van der Waals surface area contributed by atoms with E-state index in [4.69, 9.17) is 5.11 Å². The third-order valence-electron chi connectivity index (χ3n) is 3.48. The number of hydrogen-bond acceptors (Lipinski definition) is 2. The van der Waals surface area contributed by atoms with Gasteiger partial charge in [-0.25, -0.2) is 8.78 Å². The molecule has 0 radical (unpaired) electrons. The molecule has 0 unspecified atom stereocenters. The predicted octanol–water partition coefficient (Wildman–Crippen LogP) is 1.91. The predicted molar refractivity (Wildman–Crippen MR) is 66.3 cm³/mol. The number of amides is 1. The van der Waals surface area contributed by atoms with Gasteiger partial charge in [-0.3, -0.25) is 4.79 Å². The van der Waals surface area contributed by atoms with E-state index in [-0.39, 0.29) is 13.2 Å². The lowest BCUT2D eigenvalue weighted by Gasteiger charge is -2.30. The van der Waals surface area contributed by atoms with Gasteiger partial charge in [-0.05, 0) is 31.4 Å². The molecule has 1 fully saturated rings. The number of alkyl halides is 2. The molecule has 1 aromatic heterocycles. The molecule has 106 valence electrons. The third-order valence-corrected chi connectivity index (χ3v) is 3.48. The molecule has 0 aromatic carbocycles. The minimum atomic E-state index is -2.59. The number of aliphatic hydroxyl groups is 1. The molecule has 19 heavy (non-hydrogen) atoms. The van der Waals surface area contributed by atoms with Gasteiger partial charge in [0.15, 0.2) is 0 Å². The van der Waals surface area contributed by atoms with Crippen LogP contribution in [0.25, 0.3) is 0 Å². The Hall–Kier alpha value is -1.43. The normalized spacial score (nSPS) is 15.6. The topological polar surface area (TPSA) is 45.5 Å². The Kier molecular flexibility index (Phi) is 4.52. The Bertz CT molecular complexity index is 430. The van der Waals surface area contributed by atoms with Gasteiger partial charge in [-0.1, -0.05) is 0 Å². The number of carbonyl (C=O) groups excluding carboxylic acids is 1. The zero-order chi connectivity index (χ0) is 13.8. The first kappa shape index (κ1) is 14.0. The monoisotopic (exact) mass is 272 g/mol. The molecule has 1 aromatic rings. The van der Waals surface area contributed by atoms with E-state index in [0.717, 1.165) is 24.2 Å².